The maximum Gasteiger partial charge on any atom is 0.416 e. The lowest BCUT2D eigenvalue weighted by Crippen LogP contribution is -2.06. The van der Waals surface area contributed by atoms with Crippen LogP contribution in [0.1, 0.15) is 24.5 Å². The van der Waals surface area contributed by atoms with Crippen LogP contribution in [0.3, 0.4) is 0 Å². The molecule has 0 aliphatic heterocycles. The summed E-state index contributed by atoms with van der Waals surface area (Å²) < 4.78 is 69.3. The molecule has 11 heteroatoms. The Balaban J connectivity index is 1.38. The SMILES string of the molecule is C[C@H](Oc1ccc2c(=O)c(-c3ccc(O)cc3)coc2c1)c1nc(-c2cc(F)cc(C(F)(F)F)c2)no1. The molecule has 5 rings (SSSR count). The van der Waals surface area contributed by atoms with E-state index in [1.165, 1.54) is 36.6 Å². The highest BCUT2D eigenvalue weighted by atomic mass is 19.4. The Morgan fingerprint density at radius 2 is 1.76 bits per heavy atom. The lowest BCUT2D eigenvalue weighted by atomic mass is 10.1. The van der Waals surface area contributed by atoms with Crippen molar-refractivity contribution in [1.82, 2.24) is 10.1 Å². The number of aromatic hydroxyl groups is 1. The Labute approximate surface area is 205 Å². The number of benzene rings is 3. The topological polar surface area (TPSA) is 98.6 Å². The third-order valence-electron chi connectivity index (χ3n) is 5.51. The first-order chi connectivity index (χ1) is 17.6. The number of halogens is 4. The molecule has 0 saturated carbocycles. The van der Waals surface area contributed by atoms with E-state index in [0.29, 0.717) is 28.3 Å². The number of hydrogen-bond acceptors (Lipinski definition) is 7. The molecule has 3 aromatic carbocycles. The van der Waals surface area contributed by atoms with Gasteiger partial charge >= 0.3 is 6.18 Å². The van der Waals surface area contributed by atoms with E-state index in [1.807, 2.05) is 0 Å². The monoisotopic (exact) mass is 512 g/mol. The van der Waals surface area contributed by atoms with E-state index in [1.54, 1.807) is 19.1 Å². The molecule has 2 aromatic heterocycles. The molecule has 7 nitrogen and oxygen atoms in total. The molecule has 0 bridgehead atoms. The normalized spacial score (nSPS) is 12.6. The van der Waals surface area contributed by atoms with E-state index in [2.05, 4.69) is 10.1 Å². The first kappa shape index (κ1) is 24.0. The number of aromatic nitrogens is 2. The number of nitrogens with zero attached hydrogens (tertiary/aromatic N) is 2. The number of phenols is 1. The number of ether oxygens (including phenoxy) is 1. The fourth-order valence-corrected chi connectivity index (χ4v) is 3.68. The highest BCUT2D eigenvalue weighted by molar-refractivity contribution is 5.82. The minimum Gasteiger partial charge on any atom is -0.508 e. The van der Waals surface area contributed by atoms with Crippen molar-refractivity contribution in [3.63, 3.8) is 0 Å². The van der Waals surface area contributed by atoms with Gasteiger partial charge in [-0.15, -0.1) is 0 Å². The minimum absolute atomic E-state index is 0.0583. The second kappa shape index (κ2) is 9.08. The van der Waals surface area contributed by atoms with Crippen LogP contribution in [-0.4, -0.2) is 15.2 Å². The average Bonchev–Trinajstić information content (AvgIpc) is 3.35. The molecular formula is C26H16F4N2O5. The lowest BCUT2D eigenvalue weighted by Gasteiger charge is -2.11. The fraction of sp³-hybridized carbons (Fsp3) is 0.115. The summed E-state index contributed by atoms with van der Waals surface area (Å²) in [5.41, 5.74) is -0.505. The Morgan fingerprint density at radius 3 is 2.49 bits per heavy atom. The molecule has 37 heavy (non-hydrogen) atoms. The summed E-state index contributed by atoms with van der Waals surface area (Å²) in [5, 5.41) is 13.4. The van der Waals surface area contributed by atoms with Crippen LogP contribution in [0, 0.1) is 5.82 Å². The zero-order valence-corrected chi connectivity index (χ0v) is 18.9. The summed E-state index contributed by atoms with van der Waals surface area (Å²) in [6.45, 7) is 1.57. The standard InChI is InChI=1S/C26H16F4N2O5/c1-13(25-31-24(32-37-25)15-8-16(26(28,29)30)10-17(27)9-15)36-19-6-7-20-22(11-19)35-12-21(23(20)34)14-2-4-18(33)5-3-14/h2-13,33H,1H3/t13-/m0/s1. The molecule has 0 fully saturated rings. The third kappa shape index (κ3) is 4.88. The predicted octanol–water partition coefficient (Wildman–Crippen LogP) is 6.51. The maximum absolute atomic E-state index is 13.7. The van der Waals surface area contributed by atoms with Crippen molar-refractivity contribution in [2.45, 2.75) is 19.2 Å². The van der Waals surface area contributed by atoms with Crippen LogP contribution in [0.4, 0.5) is 17.6 Å². The van der Waals surface area contributed by atoms with Gasteiger partial charge in [-0.05, 0) is 55.0 Å². The highest BCUT2D eigenvalue weighted by Gasteiger charge is 2.32. The van der Waals surface area contributed by atoms with Crippen LogP contribution >= 0.6 is 0 Å². The predicted molar refractivity (Wildman–Crippen MR) is 123 cm³/mol. The van der Waals surface area contributed by atoms with Gasteiger partial charge in [0.1, 0.15) is 29.2 Å². The summed E-state index contributed by atoms with van der Waals surface area (Å²) in [7, 11) is 0. The molecule has 0 amide bonds. The van der Waals surface area contributed by atoms with Crippen LogP contribution in [0.25, 0.3) is 33.5 Å². The Bertz CT molecular complexity index is 1660. The van der Waals surface area contributed by atoms with E-state index in [9.17, 15) is 27.5 Å². The highest BCUT2D eigenvalue weighted by Crippen LogP contribution is 2.33. The molecule has 0 aliphatic carbocycles. The van der Waals surface area contributed by atoms with Gasteiger partial charge in [0.25, 0.3) is 5.89 Å². The van der Waals surface area contributed by atoms with Crippen molar-refractivity contribution in [2.24, 2.45) is 0 Å². The first-order valence-electron chi connectivity index (χ1n) is 10.8. The van der Waals surface area contributed by atoms with Crippen LogP contribution in [0.2, 0.25) is 0 Å². The van der Waals surface area contributed by atoms with Gasteiger partial charge < -0.3 is 18.8 Å². The van der Waals surface area contributed by atoms with Crippen molar-refractivity contribution in [3.8, 4) is 34.0 Å². The van der Waals surface area contributed by atoms with Crippen LogP contribution in [0.5, 0.6) is 11.5 Å². The summed E-state index contributed by atoms with van der Waals surface area (Å²) in [6.07, 6.45) is -4.27. The number of fused-ring (bicyclic) bond motifs is 1. The number of alkyl halides is 3. The fourth-order valence-electron chi connectivity index (χ4n) is 3.68. The maximum atomic E-state index is 13.7. The minimum atomic E-state index is -4.74. The summed E-state index contributed by atoms with van der Waals surface area (Å²) >= 11 is 0. The van der Waals surface area contributed by atoms with Gasteiger partial charge in [-0.25, -0.2) is 4.39 Å². The lowest BCUT2D eigenvalue weighted by molar-refractivity contribution is -0.137. The molecule has 1 N–H and O–H groups in total. The average molecular weight is 512 g/mol. The number of phenolic OH excluding ortho intramolecular Hbond substituents is 1. The quantitative estimate of drug-likeness (QED) is 0.268. The first-order valence-corrected chi connectivity index (χ1v) is 10.8. The smallest absolute Gasteiger partial charge is 0.416 e. The molecule has 1 atom stereocenters. The van der Waals surface area contributed by atoms with Gasteiger partial charge in [0.15, 0.2) is 11.5 Å². The third-order valence-corrected chi connectivity index (χ3v) is 5.51. The van der Waals surface area contributed by atoms with E-state index < -0.39 is 23.7 Å². The molecule has 2 heterocycles. The van der Waals surface area contributed by atoms with Crippen molar-refractivity contribution in [2.75, 3.05) is 0 Å². The van der Waals surface area contributed by atoms with Crippen LogP contribution in [-0.2, 0) is 6.18 Å². The van der Waals surface area contributed by atoms with Gasteiger partial charge in [0.05, 0.1) is 16.5 Å². The molecular weight excluding hydrogens is 496 g/mol. The van der Waals surface area contributed by atoms with Crippen LogP contribution < -0.4 is 10.2 Å². The van der Waals surface area contributed by atoms with Crippen molar-refractivity contribution < 1.29 is 36.3 Å². The molecule has 5 aromatic rings. The second-order valence-corrected chi connectivity index (χ2v) is 8.13. The van der Waals surface area contributed by atoms with Gasteiger partial charge in [-0.1, -0.05) is 17.3 Å². The van der Waals surface area contributed by atoms with E-state index in [0.717, 1.165) is 12.1 Å². The molecule has 0 unspecified atom stereocenters. The van der Waals surface area contributed by atoms with E-state index >= 15 is 0 Å². The van der Waals surface area contributed by atoms with Crippen LogP contribution in [0.15, 0.2) is 80.7 Å². The molecule has 0 saturated heterocycles. The second-order valence-electron chi connectivity index (χ2n) is 8.13. The largest absolute Gasteiger partial charge is 0.508 e. The molecule has 0 spiro atoms. The van der Waals surface area contributed by atoms with Gasteiger partial charge in [0, 0.05) is 11.6 Å². The Kier molecular flexibility index (Phi) is 5.90. The Morgan fingerprint density at radius 1 is 1.00 bits per heavy atom. The molecule has 0 radical (unpaired) electrons. The Hall–Kier alpha value is -4.67. The summed E-state index contributed by atoms with van der Waals surface area (Å²) in [5.74, 6) is -1.02. The zero-order valence-electron chi connectivity index (χ0n) is 18.9. The number of hydrogen-bond donors (Lipinski definition) is 1. The van der Waals surface area contributed by atoms with Gasteiger partial charge in [0.2, 0.25) is 5.82 Å². The zero-order chi connectivity index (χ0) is 26.3. The number of rotatable bonds is 5. The molecule has 188 valence electrons. The summed E-state index contributed by atoms with van der Waals surface area (Å²) in [4.78, 5) is 17.0. The van der Waals surface area contributed by atoms with Crippen molar-refractivity contribution >= 4 is 11.0 Å². The van der Waals surface area contributed by atoms with Gasteiger partial charge in [-0.3, -0.25) is 4.79 Å². The van der Waals surface area contributed by atoms with Gasteiger partial charge in [-0.2, -0.15) is 18.2 Å². The van der Waals surface area contributed by atoms with E-state index in [4.69, 9.17) is 13.7 Å². The molecule has 0 aliphatic rings. The van der Waals surface area contributed by atoms with Crippen molar-refractivity contribution in [3.05, 3.63) is 94.4 Å². The van der Waals surface area contributed by atoms with E-state index in [-0.39, 0.29) is 34.0 Å². The van der Waals surface area contributed by atoms with Crippen molar-refractivity contribution in [1.29, 1.82) is 0 Å². The summed E-state index contributed by atoms with van der Waals surface area (Å²) in [6, 6.07) is 12.6.